The molecule has 31 heavy (non-hydrogen) atoms. The quantitative estimate of drug-likeness (QED) is 0.632. The van der Waals surface area contributed by atoms with Crippen LogP contribution < -0.4 is 10.1 Å². The van der Waals surface area contributed by atoms with Crippen LogP contribution in [0.1, 0.15) is 58.6 Å². The first-order valence-corrected chi connectivity index (χ1v) is 10.3. The summed E-state index contributed by atoms with van der Waals surface area (Å²) < 4.78 is 11.1. The first-order chi connectivity index (χ1) is 14.5. The number of amides is 1. The lowest BCUT2D eigenvalue weighted by Crippen LogP contribution is -2.29. The number of hydrogen-bond acceptors (Lipinski definition) is 6. The fourth-order valence-corrected chi connectivity index (χ4v) is 3.02. The minimum atomic E-state index is -0.261. The van der Waals surface area contributed by atoms with E-state index in [1.54, 1.807) is 24.5 Å². The third-order valence-electron chi connectivity index (χ3n) is 4.86. The molecule has 164 valence electrons. The third-order valence-corrected chi connectivity index (χ3v) is 4.86. The van der Waals surface area contributed by atoms with Crippen LogP contribution in [-0.2, 0) is 22.2 Å². The van der Waals surface area contributed by atoms with E-state index >= 15 is 0 Å². The van der Waals surface area contributed by atoms with Gasteiger partial charge in [0, 0.05) is 18.0 Å². The summed E-state index contributed by atoms with van der Waals surface area (Å²) in [5, 5.41) is 6.68. The van der Waals surface area contributed by atoms with Gasteiger partial charge in [-0.2, -0.15) is 4.98 Å². The van der Waals surface area contributed by atoms with Gasteiger partial charge in [-0.15, -0.1) is 0 Å². The zero-order chi connectivity index (χ0) is 22.6. The van der Waals surface area contributed by atoms with Crippen LogP contribution in [0.2, 0.25) is 0 Å². The average Bonchev–Trinajstić information content (AvgIpc) is 3.19. The lowest BCUT2D eigenvalue weighted by molar-refractivity contribution is -0.123. The minimum Gasteiger partial charge on any atom is -0.483 e. The number of carbonyl (C=O) groups excluding carboxylic acids is 1. The Morgan fingerprint density at radius 2 is 1.74 bits per heavy atom. The van der Waals surface area contributed by atoms with Crippen molar-refractivity contribution in [1.29, 1.82) is 0 Å². The Balaban J connectivity index is 1.60. The molecule has 0 aliphatic rings. The molecule has 0 aliphatic carbocycles. The molecule has 0 fully saturated rings. The summed E-state index contributed by atoms with van der Waals surface area (Å²) in [6.45, 7) is 13.0. The van der Waals surface area contributed by atoms with Crippen LogP contribution in [0, 0.1) is 0 Å². The molecule has 3 aromatic rings. The van der Waals surface area contributed by atoms with E-state index in [1.807, 2.05) is 6.07 Å². The second-order valence-electron chi connectivity index (χ2n) is 9.52. The Labute approximate surface area is 183 Å². The second-order valence-corrected chi connectivity index (χ2v) is 9.52. The number of benzene rings is 1. The van der Waals surface area contributed by atoms with E-state index in [0.29, 0.717) is 17.5 Å². The number of pyridine rings is 1. The highest BCUT2D eigenvalue weighted by Gasteiger charge is 2.23. The van der Waals surface area contributed by atoms with Gasteiger partial charge in [-0.3, -0.25) is 9.78 Å². The van der Waals surface area contributed by atoms with Gasteiger partial charge in [0.1, 0.15) is 5.75 Å². The van der Waals surface area contributed by atoms with Crippen LogP contribution in [0.15, 0.2) is 47.2 Å². The van der Waals surface area contributed by atoms with E-state index < -0.39 is 0 Å². The van der Waals surface area contributed by atoms with Gasteiger partial charge in [-0.1, -0.05) is 58.8 Å². The van der Waals surface area contributed by atoms with Crippen molar-refractivity contribution in [3.63, 3.8) is 0 Å². The molecule has 0 aliphatic heterocycles. The molecule has 1 amide bonds. The summed E-state index contributed by atoms with van der Waals surface area (Å²) in [7, 11) is 0. The molecule has 0 radical (unpaired) electrons. The van der Waals surface area contributed by atoms with Crippen LogP contribution in [0.4, 0.5) is 0 Å². The van der Waals surface area contributed by atoms with E-state index in [1.165, 1.54) is 5.56 Å². The van der Waals surface area contributed by atoms with Crippen molar-refractivity contribution in [3.8, 4) is 17.1 Å². The maximum atomic E-state index is 12.3. The second kappa shape index (κ2) is 8.88. The molecule has 7 heteroatoms. The Hall–Kier alpha value is -3.22. The maximum Gasteiger partial charge on any atom is 0.258 e. The van der Waals surface area contributed by atoms with Crippen molar-refractivity contribution < 1.29 is 14.1 Å². The first kappa shape index (κ1) is 22.5. The molecule has 0 spiro atoms. The summed E-state index contributed by atoms with van der Waals surface area (Å²) in [4.78, 5) is 20.6. The molecule has 1 aromatic carbocycles. The molecule has 0 bridgehead atoms. The SMILES string of the molecule is CC(C)(C)c1ccc(OCC(=O)NCc2nc(-c3ccncc3)no2)c(C(C)(C)C)c1. The number of rotatable bonds is 6. The predicted octanol–water partition coefficient (Wildman–Crippen LogP) is 4.42. The van der Waals surface area contributed by atoms with Crippen LogP contribution in [0.3, 0.4) is 0 Å². The number of nitrogens with zero attached hydrogens (tertiary/aromatic N) is 3. The Bertz CT molecular complexity index is 1030. The van der Waals surface area contributed by atoms with Gasteiger partial charge in [-0.05, 0) is 40.2 Å². The molecule has 1 N–H and O–H groups in total. The Morgan fingerprint density at radius 3 is 2.39 bits per heavy atom. The first-order valence-electron chi connectivity index (χ1n) is 10.3. The molecule has 7 nitrogen and oxygen atoms in total. The van der Waals surface area contributed by atoms with Crippen LogP contribution in [0.25, 0.3) is 11.4 Å². The van der Waals surface area contributed by atoms with E-state index in [0.717, 1.165) is 11.1 Å². The largest absolute Gasteiger partial charge is 0.483 e. The number of hydrogen-bond donors (Lipinski definition) is 1. The number of nitrogens with one attached hydrogen (secondary N) is 1. The number of aromatic nitrogens is 3. The Kier molecular flexibility index (Phi) is 6.43. The minimum absolute atomic E-state index is 0.0368. The van der Waals surface area contributed by atoms with Gasteiger partial charge in [-0.25, -0.2) is 0 Å². The summed E-state index contributed by atoms with van der Waals surface area (Å²) >= 11 is 0. The molecule has 0 saturated carbocycles. The average molecular weight is 423 g/mol. The van der Waals surface area contributed by atoms with Crippen LogP contribution in [-0.4, -0.2) is 27.6 Å². The highest BCUT2D eigenvalue weighted by Crippen LogP contribution is 2.35. The van der Waals surface area contributed by atoms with Crippen LogP contribution in [0.5, 0.6) is 5.75 Å². The smallest absolute Gasteiger partial charge is 0.258 e. The van der Waals surface area contributed by atoms with Gasteiger partial charge in [0.15, 0.2) is 6.61 Å². The zero-order valence-electron chi connectivity index (χ0n) is 19.0. The van der Waals surface area contributed by atoms with Crippen molar-refractivity contribution >= 4 is 5.91 Å². The third kappa shape index (κ3) is 5.90. The molecule has 0 unspecified atom stereocenters. The van der Waals surface area contributed by atoms with E-state index in [4.69, 9.17) is 9.26 Å². The van der Waals surface area contributed by atoms with E-state index in [2.05, 4.69) is 74.1 Å². The topological polar surface area (TPSA) is 90.1 Å². The summed E-state index contributed by atoms with van der Waals surface area (Å²) in [5.74, 6) is 1.23. The molecular formula is C24H30N4O3. The van der Waals surface area contributed by atoms with Crippen molar-refractivity contribution in [3.05, 3.63) is 59.7 Å². The zero-order valence-corrected chi connectivity index (χ0v) is 19.0. The van der Waals surface area contributed by atoms with E-state index in [-0.39, 0.29) is 29.9 Å². The van der Waals surface area contributed by atoms with Gasteiger partial charge in [0.05, 0.1) is 6.54 Å². The fourth-order valence-electron chi connectivity index (χ4n) is 3.02. The van der Waals surface area contributed by atoms with Crippen molar-refractivity contribution in [2.45, 2.75) is 58.9 Å². The molecule has 2 heterocycles. The van der Waals surface area contributed by atoms with Gasteiger partial charge in [0.25, 0.3) is 5.91 Å². The fraction of sp³-hybridized carbons (Fsp3) is 0.417. The van der Waals surface area contributed by atoms with Crippen LogP contribution >= 0.6 is 0 Å². The molecular weight excluding hydrogens is 392 g/mol. The molecule has 3 rings (SSSR count). The van der Waals surface area contributed by atoms with Crippen molar-refractivity contribution in [2.24, 2.45) is 0 Å². The summed E-state index contributed by atoms with van der Waals surface area (Å²) in [6.07, 6.45) is 3.31. The predicted molar refractivity (Wildman–Crippen MR) is 119 cm³/mol. The normalized spacial score (nSPS) is 11.9. The highest BCUT2D eigenvalue weighted by atomic mass is 16.5. The lowest BCUT2D eigenvalue weighted by atomic mass is 9.80. The van der Waals surface area contributed by atoms with Gasteiger partial charge < -0.3 is 14.6 Å². The molecule has 2 aromatic heterocycles. The standard InChI is InChI=1S/C24H30N4O3/c1-23(2,3)17-7-8-19(18(13-17)24(4,5)6)30-15-20(29)26-14-21-27-22(28-31-21)16-9-11-25-12-10-16/h7-13H,14-15H2,1-6H3,(H,26,29). The Morgan fingerprint density at radius 1 is 1.03 bits per heavy atom. The number of carbonyl (C=O) groups is 1. The van der Waals surface area contributed by atoms with Gasteiger partial charge in [0.2, 0.25) is 11.7 Å². The van der Waals surface area contributed by atoms with E-state index in [9.17, 15) is 4.79 Å². The summed E-state index contributed by atoms with van der Waals surface area (Å²) in [5.41, 5.74) is 3.03. The molecule has 0 saturated heterocycles. The van der Waals surface area contributed by atoms with Gasteiger partial charge >= 0.3 is 0 Å². The highest BCUT2D eigenvalue weighted by molar-refractivity contribution is 5.77. The maximum absolute atomic E-state index is 12.3. The molecule has 0 atom stereocenters. The van der Waals surface area contributed by atoms with Crippen molar-refractivity contribution in [1.82, 2.24) is 20.4 Å². The lowest BCUT2D eigenvalue weighted by Gasteiger charge is -2.27. The number of ether oxygens (including phenoxy) is 1. The summed E-state index contributed by atoms with van der Waals surface area (Å²) in [6, 6.07) is 9.76. The monoisotopic (exact) mass is 422 g/mol. The van der Waals surface area contributed by atoms with Crippen molar-refractivity contribution in [2.75, 3.05) is 6.61 Å².